The summed E-state index contributed by atoms with van der Waals surface area (Å²) in [6, 6.07) is 86.7. The quantitative estimate of drug-likeness (QED) is 0.167. The van der Waals surface area contributed by atoms with Crippen LogP contribution in [0.5, 0.6) is 0 Å². The lowest BCUT2D eigenvalue weighted by molar-refractivity contribution is 0.629. The van der Waals surface area contributed by atoms with E-state index in [1.54, 1.807) is 6.07 Å². The lowest BCUT2D eigenvalue weighted by atomic mass is 9.93. The molecule has 0 fully saturated rings. The van der Waals surface area contributed by atoms with Crippen LogP contribution in [0.1, 0.15) is 0 Å². The Balaban J connectivity index is 0.909. The van der Waals surface area contributed by atoms with Gasteiger partial charge in [-0.3, -0.25) is 4.57 Å². The number of benzene rings is 12. The maximum absolute atomic E-state index is 15.0. The molecule has 0 aliphatic heterocycles. The van der Waals surface area contributed by atoms with Crippen molar-refractivity contribution in [3.8, 4) is 51.2 Å². The van der Waals surface area contributed by atoms with Crippen LogP contribution in [0.4, 0.5) is 4.39 Å². The van der Waals surface area contributed by atoms with Crippen molar-refractivity contribution >= 4 is 97.7 Å². The zero-order chi connectivity index (χ0) is 50.0. The minimum atomic E-state index is -0.263. The summed E-state index contributed by atoms with van der Waals surface area (Å²) in [4.78, 5) is 15.9. The van der Waals surface area contributed by atoms with Gasteiger partial charge in [0.15, 0.2) is 11.6 Å². The highest BCUT2D eigenvalue weighted by Crippen LogP contribution is 2.45. The molecule has 16 rings (SSSR count). The second-order valence-corrected chi connectivity index (χ2v) is 19.7. The van der Waals surface area contributed by atoms with Gasteiger partial charge >= 0.3 is 0 Å². The maximum atomic E-state index is 15.0. The van der Waals surface area contributed by atoms with Gasteiger partial charge in [-0.15, -0.1) is 0 Å². The number of hydrogen-bond donors (Lipinski definition) is 0. The van der Waals surface area contributed by atoms with Crippen LogP contribution in [0.25, 0.3) is 149 Å². The summed E-state index contributed by atoms with van der Waals surface area (Å²) in [5.41, 5.74) is 12.3. The maximum Gasteiger partial charge on any atom is 0.238 e. The van der Waals surface area contributed by atoms with Crippen LogP contribution >= 0.6 is 0 Å². The van der Waals surface area contributed by atoms with E-state index in [1.165, 1.54) is 33.1 Å². The van der Waals surface area contributed by atoms with E-state index < -0.39 is 0 Å². The number of fused-ring (bicyclic) bond motifs is 15. The van der Waals surface area contributed by atoms with E-state index >= 15 is 0 Å². The summed E-state index contributed by atoms with van der Waals surface area (Å²) >= 11 is 0. The van der Waals surface area contributed by atoms with Crippen LogP contribution in [-0.2, 0) is 0 Å². The summed E-state index contributed by atoms with van der Waals surface area (Å²) in [5, 5.41) is 13.5. The number of nitrogens with zero attached hydrogens (tertiary/aromatic N) is 6. The molecule has 0 spiro atoms. The van der Waals surface area contributed by atoms with E-state index in [0.29, 0.717) is 17.6 Å². The smallest absolute Gasteiger partial charge is 0.238 e. The van der Waals surface area contributed by atoms with Crippen LogP contribution in [-0.4, -0.2) is 28.7 Å². The van der Waals surface area contributed by atoms with Gasteiger partial charge in [0, 0.05) is 54.8 Å². The number of halogens is 1. The molecular formula is C69H41FN6. The zero-order valence-corrected chi connectivity index (χ0v) is 40.7. The fraction of sp³-hybridized carbons (Fsp3) is 0. The van der Waals surface area contributed by atoms with E-state index in [0.717, 1.165) is 104 Å². The van der Waals surface area contributed by atoms with Gasteiger partial charge in [0.1, 0.15) is 5.82 Å². The molecular weight excluding hydrogens is 932 g/mol. The Morgan fingerprint density at radius 3 is 1.46 bits per heavy atom. The molecule has 0 aliphatic rings. The van der Waals surface area contributed by atoms with Crippen LogP contribution < -0.4 is 0 Å². The molecule has 16 aromatic rings. The highest BCUT2D eigenvalue weighted by molar-refractivity contribution is 6.26. The van der Waals surface area contributed by atoms with Gasteiger partial charge in [-0.1, -0.05) is 158 Å². The van der Waals surface area contributed by atoms with Gasteiger partial charge in [0.25, 0.3) is 0 Å². The van der Waals surface area contributed by atoms with E-state index in [2.05, 4.69) is 202 Å². The summed E-state index contributed by atoms with van der Waals surface area (Å²) in [7, 11) is 0. The first kappa shape index (κ1) is 42.3. The number of para-hydroxylation sites is 2. The molecule has 0 aliphatic carbocycles. The van der Waals surface area contributed by atoms with Crippen LogP contribution in [0, 0.1) is 5.82 Å². The Morgan fingerprint density at radius 1 is 0.276 bits per heavy atom. The molecule has 0 radical (unpaired) electrons. The van der Waals surface area contributed by atoms with Gasteiger partial charge < -0.3 is 9.13 Å². The van der Waals surface area contributed by atoms with Gasteiger partial charge in [0.2, 0.25) is 5.95 Å². The van der Waals surface area contributed by atoms with Crippen molar-refractivity contribution in [2.45, 2.75) is 0 Å². The van der Waals surface area contributed by atoms with E-state index in [4.69, 9.17) is 15.0 Å². The lowest BCUT2D eigenvalue weighted by Crippen LogP contribution is -2.06. The molecule has 354 valence electrons. The molecule has 6 nitrogen and oxygen atoms in total. The normalized spacial score (nSPS) is 12.0. The summed E-state index contributed by atoms with van der Waals surface area (Å²) in [6.07, 6.45) is 0. The molecule has 0 bridgehead atoms. The molecule has 0 N–H and O–H groups in total. The second-order valence-electron chi connectivity index (χ2n) is 19.7. The number of rotatable bonds is 6. The van der Waals surface area contributed by atoms with Gasteiger partial charge in [-0.2, -0.15) is 9.97 Å². The third-order valence-electron chi connectivity index (χ3n) is 15.5. The zero-order valence-electron chi connectivity index (χ0n) is 40.7. The van der Waals surface area contributed by atoms with Gasteiger partial charge in [-0.25, -0.2) is 9.37 Å². The second kappa shape index (κ2) is 16.4. The minimum absolute atomic E-state index is 0.263. The van der Waals surface area contributed by atoms with E-state index in [-0.39, 0.29) is 5.82 Å². The average molecular weight is 973 g/mol. The largest absolute Gasteiger partial charge is 0.309 e. The van der Waals surface area contributed by atoms with Crippen LogP contribution in [0.2, 0.25) is 0 Å². The molecule has 0 saturated carbocycles. The van der Waals surface area contributed by atoms with Gasteiger partial charge in [-0.05, 0) is 134 Å². The number of aromatic nitrogens is 6. The third kappa shape index (κ3) is 6.29. The van der Waals surface area contributed by atoms with Crippen molar-refractivity contribution in [1.29, 1.82) is 0 Å². The van der Waals surface area contributed by atoms with Crippen molar-refractivity contribution < 1.29 is 4.39 Å². The van der Waals surface area contributed by atoms with Crippen molar-refractivity contribution in [3.63, 3.8) is 0 Å². The van der Waals surface area contributed by atoms with Crippen molar-refractivity contribution in [2.75, 3.05) is 0 Å². The Labute approximate surface area is 434 Å². The van der Waals surface area contributed by atoms with Crippen molar-refractivity contribution in [3.05, 3.63) is 255 Å². The SMILES string of the molecule is Fc1ccc2c(c1)c1c3ccccc3ccc1n2-c1ccc(-c2nc(-c3ccccc3)nc(-n3c4ccc(-c5cc6c(c7ccccc57)c5ccccc5n6-c5ccccc5)cc4c4c5ccccc5ccc43)n2)cc1. The molecule has 0 unspecified atom stereocenters. The fourth-order valence-electron chi connectivity index (χ4n) is 12.2. The third-order valence-corrected chi connectivity index (χ3v) is 15.5. The molecule has 7 heteroatoms. The number of hydrogen-bond acceptors (Lipinski definition) is 3. The topological polar surface area (TPSA) is 53.5 Å². The predicted octanol–water partition coefficient (Wildman–Crippen LogP) is 17.8. The lowest BCUT2D eigenvalue weighted by Gasteiger charge is -2.13. The summed E-state index contributed by atoms with van der Waals surface area (Å²) in [5.74, 6) is 1.38. The van der Waals surface area contributed by atoms with Crippen LogP contribution in [0.3, 0.4) is 0 Å². The van der Waals surface area contributed by atoms with E-state index in [9.17, 15) is 4.39 Å². The Hall–Kier alpha value is -10.2. The first-order valence-electron chi connectivity index (χ1n) is 25.6. The molecule has 12 aromatic carbocycles. The molecule has 4 heterocycles. The summed E-state index contributed by atoms with van der Waals surface area (Å²) < 4.78 is 21.8. The summed E-state index contributed by atoms with van der Waals surface area (Å²) in [6.45, 7) is 0. The molecule has 4 aromatic heterocycles. The Bertz CT molecular complexity index is 5050. The van der Waals surface area contributed by atoms with E-state index in [1.807, 2.05) is 48.5 Å². The molecule has 0 amide bonds. The monoisotopic (exact) mass is 972 g/mol. The average Bonchev–Trinajstić information content (AvgIpc) is 4.13. The molecule has 76 heavy (non-hydrogen) atoms. The first-order valence-corrected chi connectivity index (χ1v) is 25.6. The molecule has 0 saturated heterocycles. The fourth-order valence-corrected chi connectivity index (χ4v) is 12.2. The van der Waals surface area contributed by atoms with Crippen molar-refractivity contribution in [2.24, 2.45) is 0 Å². The highest BCUT2D eigenvalue weighted by atomic mass is 19.1. The van der Waals surface area contributed by atoms with Crippen LogP contribution in [0.15, 0.2) is 249 Å². The Kier molecular flexibility index (Phi) is 9.12. The van der Waals surface area contributed by atoms with Crippen molar-refractivity contribution in [1.82, 2.24) is 28.7 Å². The molecule has 0 atom stereocenters. The standard InChI is InChI=1S/C69H41FN6/c70-47-32-38-59-57(40-47)65-51-22-10-8-15-42(51)29-36-61(65)74(59)49-33-27-45(28-34-49)68-71-67(44-17-3-1-4-18-44)72-69(73-68)76-60-35-31-46(39-56(60)64-50-21-9-7-16-43(50)30-37-62(64)76)55-41-63-66(53-24-12-11-23-52(53)55)54-25-13-14-26-58(54)75(63)48-19-5-2-6-20-48/h1-41H. The first-order chi connectivity index (χ1) is 37.6. The van der Waals surface area contributed by atoms with Gasteiger partial charge in [0.05, 0.1) is 33.1 Å². The highest BCUT2D eigenvalue weighted by Gasteiger charge is 2.23. The minimum Gasteiger partial charge on any atom is -0.309 e. The predicted molar refractivity (Wildman–Crippen MR) is 312 cm³/mol. The Morgan fingerprint density at radius 2 is 0.750 bits per heavy atom.